The highest BCUT2D eigenvalue weighted by atomic mass is 16.4. The number of hydrogen-bond acceptors (Lipinski definition) is 4. The maximum atomic E-state index is 11.8. The first kappa shape index (κ1) is 12.5. The van der Waals surface area contributed by atoms with E-state index in [0.29, 0.717) is 6.42 Å². The van der Waals surface area contributed by atoms with Gasteiger partial charge < -0.3 is 10.4 Å². The average molecular weight is 252 g/mol. The van der Waals surface area contributed by atoms with E-state index in [1.807, 2.05) is 0 Å². The molecule has 1 aromatic heterocycles. The fourth-order valence-corrected chi connectivity index (χ4v) is 2.31. The van der Waals surface area contributed by atoms with Gasteiger partial charge in [-0.15, -0.1) is 0 Å². The summed E-state index contributed by atoms with van der Waals surface area (Å²) in [6, 6.07) is -0.271. The van der Waals surface area contributed by atoms with Crippen molar-refractivity contribution >= 4 is 11.9 Å². The molecule has 1 heterocycles. The van der Waals surface area contributed by atoms with Gasteiger partial charge in [0.25, 0.3) is 0 Å². The number of carboxylic acids is 1. The second kappa shape index (κ2) is 5.61. The summed E-state index contributed by atoms with van der Waals surface area (Å²) in [5, 5.41) is 15.7. The molecule has 0 radical (unpaired) electrons. The lowest BCUT2D eigenvalue weighted by atomic mass is 9.84. The SMILES string of the molecule is O=C(Cn1cncn1)NC1CCCCC1C(=O)O. The maximum absolute atomic E-state index is 11.8. The zero-order valence-corrected chi connectivity index (χ0v) is 9.95. The molecule has 2 unspecified atom stereocenters. The molecule has 2 atom stereocenters. The van der Waals surface area contributed by atoms with Crippen LogP contribution >= 0.6 is 0 Å². The number of carbonyl (C=O) groups is 2. The molecule has 1 fully saturated rings. The van der Waals surface area contributed by atoms with Crippen LogP contribution in [0.1, 0.15) is 25.7 Å². The van der Waals surface area contributed by atoms with Gasteiger partial charge >= 0.3 is 5.97 Å². The molecular weight excluding hydrogens is 236 g/mol. The largest absolute Gasteiger partial charge is 0.481 e. The van der Waals surface area contributed by atoms with Crippen LogP contribution in [0.5, 0.6) is 0 Å². The zero-order valence-electron chi connectivity index (χ0n) is 9.95. The van der Waals surface area contributed by atoms with E-state index in [2.05, 4.69) is 15.4 Å². The van der Waals surface area contributed by atoms with Gasteiger partial charge in [-0.05, 0) is 12.8 Å². The molecule has 1 aliphatic carbocycles. The highest BCUT2D eigenvalue weighted by Crippen LogP contribution is 2.24. The number of aromatic nitrogens is 3. The van der Waals surface area contributed by atoms with Gasteiger partial charge in [0.2, 0.25) is 5.91 Å². The minimum absolute atomic E-state index is 0.0723. The number of nitrogens with one attached hydrogen (secondary N) is 1. The fourth-order valence-electron chi connectivity index (χ4n) is 2.31. The molecule has 0 saturated heterocycles. The topological polar surface area (TPSA) is 97.1 Å². The van der Waals surface area contributed by atoms with Crippen LogP contribution in [-0.4, -0.2) is 37.8 Å². The predicted molar refractivity (Wildman–Crippen MR) is 61.5 cm³/mol. The van der Waals surface area contributed by atoms with Gasteiger partial charge in [0.1, 0.15) is 19.2 Å². The summed E-state index contributed by atoms with van der Waals surface area (Å²) in [4.78, 5) is 26.6. The van der Waals surface area contributed by atoms with Gasteiger partial charge in [-0.2, -0.15) is 5.10 Å². The van der Waals surface area contributed by atoms with Crippen LogP contribution < -0.4 is 5.32 Å². The van der Waals surface area contributed by atoms with Gasteiger partial charge in [-0.3, -0.25) is 9.59 Å². The third kappa shape index (κ3) is 3.06. The van der Waals surface area contributed by atoms with E-state index in [-0.39, 0.29) is 18.5 Å². The van der Waals surface area contributed by atoms with Gasteiger partial charge in [-0.25, -0.2) is 9.67 Å². The van der Waals surface area contributed by atoms with Crippen molar-refractivity contribution in [3.63, 3.8) is 0 Å². The molecule has 1 amide bonds. The van der Waals surface area contributed by atoms with Crippen LogP contribution in [0.2, 0.25) is 0 Å². The van der Waals surface area contributed by atoms with Crippen molar-refractivity contribution in [1.82, 2.24) is 20.1 Å². The second-order valence-electron chi connectivity index (χ2n) is 4.50. The molecule has 2 N–H and O–H groups in total. The summed E-state index contributed by atoms with van der Waals surface area (Å²) in [6.07, 6.45) is 6.03. The zero-order chi connectivity index (χ0) is 13.0. The van der Waals surface area contributed by atoms with Crippen molar-refractivity contribution in [2.24, 2.45) is 5.92 Å². The minimum atomic E-state index is -0.833. The van der Waals surface area contributed by atoms with E-state index < -0.39 is 11.9 Å². The number of hydrogen-bond donors (Lipinski definition) is 2. The lowest BCUT2D eigenvalue weighted by Crippen LogP contribution is -2.46. The van der Waals surface area contributed by atoms with Crippen molar-refractivity contribution in [3.05, 3.63) is 12.7 Å². The van der Waals surface area contributed by atoms with E-state index >= 15 is 0 Å². The van der Waals surface area contributed by atoms with E-state index in [0.717, 1.165) is 19.3 Å². The molecule has 18 heavy (non-hydrogen) atoms. The molecule has 0 spiro atoms. The second-order valence-corrected chi connectivity index (χ2v) is 4.50. The number of aliphatic carboxylic acids is 1. The summed E-state index contributed by atoms with van der Waals surface area (Å²) in [5.41, 5.74) is 0. The maximum Gasteiger partial charge on any atom is 0.308 e. The number of nitrogens with zero attached hydrogens (tertiary/aromatic N) is 3. The monoisotopic (exact) mass is 252 g/mol. The first-order valence-electron chi connectivity index (χ1n) is 6.01. The van der Waals surface area contributed by atoms with E-state index in [4.69, 9.17) is 5.11 Å². The highest BCUT2D eigenvalue weighted by molar-refractivity contribution is 5.78. The summed E-state index contributed by atoms with van der Waals surface area (Å²) in [7, 11) is 0. The number of rotatable bonds is 4. The highest BCUT2D eigenvalue weighted by Gasteiger charge is 2.31. The summed E-state index contributed by atoms with van der Waals surface area (Å²) in [5.74, 6) is -1.53. The molecule has 1 aliphatic rings. The third-order valence-corrected chi connectivity index (χ3v) is 3.20. The van der Waals surface area contributed by atoms with Crippen LogP contribution in [0.3, 0.4) is 0 Å². The van der Waals surface area contributed by atoms with E-state index in [1.54, 1.807) is 0 Å². The normalized spacial score (nSPS) is 23.6. The minimum Gasteiger partial charge on any atom is -0.481 e. The van der Waals surface area contributed by atoms with Crippen molar-refractivity contribution in [2.45, 2.75) is 38.3 Å². The third-order valence-electron chi connectivity index (χ3n) is 3.20. The van der Waals surface area contributed by atoms with Crippen molar-refractivity contribution in [3.8, 4) is 0 Å². The lowest BCUT2D eigenvalue weighted by Gasteiger charge is -2.29. The van der Waals surface area contributed by atoms with E-state index in [1.165, 1.54) is 17.3 Å². The van der Waals surface area contributed by atoms with Crippen LogP contribution in [0.25, 0.3) is 0 Å². The standard InChI is InChI=1S/C11H16N4O3/c16-10(5-15-7-12-6-13-15)14-9-4-2-1-3-8(9)11(17)18/h6-9H,1-5H2,(H,14,16)(H,17,18). The Morgan fingerprint density at radius 3 is 2.83 bits per heavy atom. The van der Waals surface area contributed by atoms with Crippen molar-refractivity contribution < 1.29 is 14.7 Å². The Hall–Kier alpha value is -1.92. The molecule has 1 aromatic rings. The van der Waals surface area contributed by atoms with Gasteiger partial charge in [-0.1, -0.05) is 12.8 Å². The van der Waals surface area contributed by atoms with Crippen LogP contribution in [-0.2, 0) is 16.1 Å². The summed E-state index contributed by atoms with van der Waals surface area (Å²) < 4.78 is 1.41. The molecule has 0 bridgehead atoms. The fraction of sp³-hybridized carbons (Fsp3) is 0.636. The van der Waals surface area contributed by atoms with Crippen molar-refractivity contribution in [1.29, 1.82) is 0 Å². The van der Waals surface area contributed by atoms with Crippen LogP contribution in [0, 0.1) is 5.92 Å². The summed E-state index contributed by atoms with van der Waals surface area (Å²) in [6.45, 7) is 0.0723. The molecule has 7 heteroatoms. The Kier molecular flexibility index (Phi) is 3.91. The van der Waals surface area contributed by atoms with Gasteiger partial charge in [0.05, 0.1) is 5.92 Å². The summed E-state index contributed by atoms with van der Waals surface area (Å²) >= 11 is 0. The lowest BCUT2D eigenvalue weighted by molar-refractivity contribution is -0.144. The smallest absolute Gasteiger partial charge is 0.308 e. The Labute approximate surface area is 104 Å². The van der Waals surface area contributed by atoms with E-state index in [9.17, 15) is 9.59 Å². The van der Waals surface area contributed by atoms with Gasteiger partial charge in [0.15, 0.2) is 0 Å². The predicted octanol–water partition coefficient (Wildman–Crippen LogP) is 0.0377. The van der Waals surface area contributed by atoms with Crippen LogP contribution in [0.4, 0.5) is 0 Å². The Bertz CT molecular complexity index is 418. The quantitative estimate of drug-likeness (QED) is 0.788. The molecular formula is C11H16N4O3. The molecule has 2 rings (SSSR count). The van der Waals surface area contributed by atoms with Gasteiger partial charge in [0, 0.05) is 6.04 Å². The Balaban J connectivity index is 1.90. The molecule has 7 nitrogen and oxygen atoms in total. The molecule has 0 aromatic carbocycles. The van der Waals surface area contributed by atoms with Crippen LogP contribution in [0.15, 0.2) is 12.7 Å². The molecule has 1 saturated carbocycles. The first-order chi connectivity index (χ1) is 8.66. The van der Waals surface area contributed by atoms with Crippen molar-refractivity contribution in [2.75, 3.05) is 0 Å². The molecule has 0 aliphatic heterocycles. The number of carbonyl (C=O) groups excluding carboxylic acids is 1. The number of amides is 1. The first-order valence-corrected chi connectivity index (χ1v) is 6.01. The Morgan fingerprint density at radius 2 is 2.17 bits per heavy atom. The number of carboxylic acid groups (broad SMARTS) is 1. The molecule has 98 valence electrons. The average Bonchev–Trinajstić information content (AvgIpc) is 2.82. The Morgan fingerprint density at radius 1 is 1.39 bits per heavy atom.